The highest BCUT2D eigenvalue weighted by atomic mass is 16.2. The number of aromatic amines is 1. The summed E-state index contributed by atoms with van der Waals surface area (Å²) in [5.41, 5.74) is 2.35. The molecule has 5 nitrogen and oxygen atoms in total. The number of nitrogens with zero attached hydrogens (tertiary/aromatic N) is 2. The average Bonchev–Trinajstić information content (AvgIpc) is 2.81. The molecule has 0 spiro atoms. The first-order chi connectivity index (χ1) is 9.11. The van der Waals surface area contributed by atoms with Gasteiger partial charge in [-0.3, -0.25) is 9.89 Å². The zero-order valence-electron chi connectivity index (χ0n) is 12.1. The molecule has 0 aromatic carbocycles. The van der Waals surface area contributed by atoms with Gasteiger partial charge in [0, 0.05) is 43.9 Å². The third kappa shape index (κ3) is 3.35. The van der Waals surface area contributed by atoms with Gasteiger partial charge >= 0.3 is 0 Å². The Morgan fingerprint density at radius 3 is 3.00 bits per heavy atom. The number of carbonyl (C=O) groups excluding carboxylic acids is 1. The predicted octanol–water partition coefficient (Wildman–Crippen LogP) is 1.45. The molecule has 19 heavy (non-hydrogen) atoms. The third-order valence-electron chi connectivity index (χ3n) is 4.19. The van der Waals surface area contributed by atoms with Crippen LogP contribution in [0.2, 0.25) is 0 Å². The summed E-state index contributed by atoms with van der Waals surface area (Å²) in [5.74, 6) is 0.743. The lowest BCUT2D eigenvalue weighted by Crippen LogP contribution is -2.50. The minimum atomic E-state index is 0.197. The van der Waals surface area contributed by atoms with E-state index >= 15 is 0 Å². The van der Waals surface area contributed by atoms with Crippen molar-refractivity contribution in [1.82, 2.24) is 20.4 Å². The Balaban J connectivity index is 1.90. The van der Waals surface area contributed by atoms with Crippen molar-refractivity contribution in [3.8, 4) is 0 Å². The van der Waals surface area contributed by atoms with E-state index in [2.05, 4.69) is 22.4 Å². The van der Waals surface area contributed by atoms with Gasteiger partial charge in [-0.2, -0.15) is 5.10 Å². The monoisotopic (exact) mass is 264 g/mol. The number of amides is 1. The van der Waals surface area contributed by atoms with Crippen LogP contribution in [0, 0.1) is 12.8 Å². The zero-order chi connectivity index (χ0) is 13.8. The van der Waals surface area contributed by atoms with Gasteiger partial charge in [0.2, 0.25) is 5.91 Å². The van der Waals surface area contributed by atoms with Gasteiger partial charge < -0.3 is 10.2 Å². The molecule has 1 amide bonds. The Bertz CT molecular complexity index is 429. The summed E-state index contributed by atoms with van der Waals surface area (Å²) >= 11 is 0. The molecule has 1 aliphatic heterocycles. The lowest BCUT2D eigenvalue weighted by molar-refractivity contribution is -0.131. The summed E-state index contributed by atoms with van der Waals surface area (Å²) < 4.78 is 0. The number of hydrogen-bond donors (Lipinski definition) is 2. The number of aryl methyl sites for hydroxylation is 1. The van der Waals surface area contributed by atoms with Crippen LogP contribution in [0.3, 0.4) is 0 Å². The van der Waals surface area contributed by atoms with Crippen molar-refractivity contribution in [3.05, 3.63) is 17.5 Å². The zero-order valence-corrected chi connectivity index (χ0v) is 12.1. The summed E-state index contributed by atoms with van der Waals surface area (Å²) in [6.07, 6.45) is 4.02. The van der Waals surface area contributed by atoms with Crippen LogP contribution in [0.1, 0.15) is 37.9 Å². The highest BCUT2D eigenvalue weighted by molar-refractivity contribution is 5.73. The fraction of sp³-hybridized carbons (Fsp3) is 0.714. The number of piperidine rings is 1. The lowest BCUT2D eigenvalue weighted by atomic mass is 9.89. The second kappa shape index (κ2) is 6.19. The van der Waals surface area contributed by atoms with Crippen molar-refractivity contribution in [3.63, 3.8) is 0 Å². The molecule has 0 aliphatic carbocycles. The van der Waals surface area contributed by atoms with E-state index in [1.165, 1.54) is 5.56 Å². The van der Waals surface area contributed by atoms with Crippen LogP contribution < -0.4 is 5.32 Å². The summed E-state index contributed by atoms with van der Waals surface area (Å²) in [4.78, 5) is 13.4. The maximum atomic E-state index is 11.4. The first-order valence-corrected chi connectivity index (χ1v) is 7.09. The smallest absolute Gasteiger partial charge is 0.219 e. The van der Waals surface area contributed by atoms with Gasteiger partial charge in [-0.1, -0.05) is 13.3 Å². The SMILES string of the molecule is CC[C@@H]1CN(C(C)=O)CC[C@H]1NCc1cn[nH]c1C. The number of hydrogen-bond acceptors (Lipinski definition) is 3. The van der Waals surface area contributed by atoms with Crippen LogP contribution in [0.5, 0.6) is 0 Å². The van der Waals surface area contributed by atoms with Crippen LogP contribution in [-0.2, 0) is 11.3 Å². The average molecular weight is 264 g/mol. The molecule has 5 heteroatoms. The molecule has 2 atom stereocenters. The van der Waals surface area contributed by atoms with Crippen molar-refractivity contribution in [2.24, 2.45) is 5.92 Å². The third-order valence-corrected chi connectivity index (χ3v) is 4.19. The van der Waals surface area contributed by atoms with Gasteiger partial charge in [0.15, 0.2) is 0 Å². The first-order valence-electron chi connectivity index (χ1n) is 7.09. The molecule has 1 saturated heterocycles. The Labute approximate surface area is 114 Å². The van der Waals surface area contributed by atoms with Gasteiger partial charge in [0.25, 0.3) is 0 Å². The van der Waals surface area contributed by atoms with Crippen LogP contribution in [0.25, 0.3) is 0 Å². The lowest BCUT2D eigenvalue weighted by Gasteiger charge is -2.38. The van der Waals surface area contributed by atoms with Gasteiger partial charge in [-0.15, -0.1) is 0 Å². The van der Waals surface area contributed by atoms with E-state index in [1.807, 2.05) is 18.0 Å². The van der Waals surface area contributed by atoms with Gasteiger partial charge in [-0.05, 0) is 19.3 Å². The Morgan fingerprint density at radius 2 is 2.42 bits per heavy atom. The molecule has 2 heterocycles. The van der Waals surface area contributed by atoms with E-state index in [4.69, 9.17) is 0 Å². The number of nitrogens with one attached hydrogen (secondary N) is 2. The highest BCUT2D eigenvalue weighted by Gasteiger charge is 2.28. The number of likely N-dealkylation sites (tertiary alicyclic amines) is 1. The van der Waals surface area contributed by atoms with E-state index in [1.54, 1.807) is 6.92 Å². The maximum Gasteiger partial charge on any atom is 0.219 e. The van der Waals surface area contributed by atoms with Crippen LogP contribution in [-0.4, -0.2) is 40.1 Å². The van der Waals surface area contributed by atoms with Crippen LogP contribution >= 0.6 is 0 Å². The second-order valence-electron chi connectivity index (χ2n) is 5.43. The molecule has 1 aromatic heterocycles. The number of carbonyl (C=O) groups is 1. The molecule has 2 rings (SSSR count). The van der Waals surface area contributed by atoms with Crippen molar-refractivity contribution in [2.75, 3.05) is 13.1 Å². The summed E-state index contributed by atoms with van der Waals surface area (Å²) in [5, 5.41) is 10.6. The largest absolute Gasteiger partial charge is 0.343 e. The molecule has 0 bridgehead atoms. The molecule has 1 fully saturated rings. The van der Waals surface area contributed by atoms with Gasteiger partial charge in [0.05, 0.1) is 6.20 Å². The predicted molar refractivity (Wildman–Crippen MR) is 74.6 cm³/mol. The molecule has 1 aliphatic rings. The second-order valence-corrected chi connectivity index (χ2v) is 5.43. The standard InChI is InChI=1S/C14H24N4O/c1-4-12-9-18(11(3)19)6-5-14(12)15-7-13-8-16-17-10(13)2/h8,12,14-15H,4-7,9H2,1-3H3,(H,16,17)/t12-,14-/m1/s1. The maximum absolute atomic E-state index is 11.4. The van der Waals surface area contributed by atoms with Crippen molar-refractivity contribution >= 4 is 5.91 Å². The van der Waals surface area contributed by atoms with Gasteiger partial charge in [0.1, 0.15) is 0 Å². The Hall–Kier alpha value is -1.36. The molecule has 2 N–H and O–H groups in total. The summed E-state index contributed by atoms with van der Waals surface area (Å²) in [6, 6.07) is 0.495. The van der Waals surface area contributed by atoms with Crippen molar-refractivity contribution in [2.45, 2.75) is 46.2 Å². The summed E-state index contributed by atoms with van der Waals surface area (Å²) in [7, 11) is 0. The number of H-pyrrole nitrogens is 1. The molecule has 1 aromatic rings. The van der Waals surface area contributed by atoms with E-state index < -0.39 is 0 Å². The minimum Gasteiger partial charge on any atom is -0.343 e. The molecular formula is C14H24N4O. The molecular weight excluding hydrogens is 240 g/mol. The fourth-order valence-electron chi connectivity index (χ4n) is 2.80. The Kier molecular flexibility index (Phi) is 4.58. The Morgan fingerprint density at radius 1 is 1.63 bits per heavy atom. The molecule has 0 unspecified atom stereocenters. The number of rotatable bonds is 4. The van der Waals surface area contributed by atoms with Crippen molar-refractivity contribution in [1.29, 1.82) is 0 Å². The summed E-state index contributed by atoms with van der Waals surface area (Å²) in [6.45, 7) is 8.51. The normalized spacial score (nSPS) is 23.6. The van der Waals surface area contributed by atoms with E-state index in [0.29, 0.717) is 12.0 Å². The van der Waals surface area contributed by atoms with E-state index in [0.717, 1.165) is 38.2 Å². The van der Waals surface area contributed by atoms with Crippen molar-refractivity contribution < 1.29 is 4.79 Å². The van der Waals surface area contributed by atoms with E-state index in [-0.39, 0.29) is 5.91 Å². The van der Waals surface area contributed by atoms with E-state index in [9.17, 15) is 4.79 Å². The quantitative estimate of drug-likeness (QED) is 0.865. The highest BCUT2D eigenvalue weighted by Crippen LogP contribution is 2.21. The molecule has 0 radical (unpaired) electrons. The molecule has 106 valence electrons. The molecule has 0 saturated carbocycles. The van der Waals surface area contributed by atoms with Gasteiger partial charge in [-0.25, -0.2) is 0 Å². The number of aromatic nitrogens is 2. The van der Waals surface area contributed by atoms with Crippen LogP contribution in [0.15, 0.2) is 6.20 Å². The topological polar surface area (TPSA) is 61.0 Å². The minimum absolute atomic E-state index is 0.197. The fourth-order valence-corrected chi connectivity index (χ4v) is 2.80. The first kappa shape index (κ1) is 14.1. The van der Waals surface area contributed by atoms with Crippen LogP contribution in [0.4, 0.5) is 0 Å².